The minimum atomic E-state index is -0.260. The Bertz CT molecular complexity index is 1480. The van der Waals surface area contributed by atoms with Crippen molar-refractivity contribution >= 4 is 11.6 Å². The van der Waals surface area contributed by atoms with Gasteiger partial charge in [-0.1, -0.05) is 96.6 Å². The fourth-order valence-electron chi connectivity index (χ4n) is 4.35. The lowest BCUT2D eigenvalue weighted by molar-refractivity contribution is 0.100. The molecular formula is C32H26N2O. The Balaban J connectivity index is 1.78. The van der Waals surface area contributed by atoms with Crippen LogP contribution in [0.15, 0.2) is 126 Å². The SMILES string of the molecule is Cc1ccc(-n2c(C)cc(C(=NC(=O)c3ccccc3)c3ccccc3)c2-c2ccccc2)cc1. The second kappa shape index (κ2) is 9.78. The maximum Gasteiger partial charge on any atom is 0.277 e. The minimum absolute atomic E-state index is 0.260. The van der Waals surface area contributed by atoms with Gasteiger partial charge in [-0.05, 0) is 49.7 Å². The molecule has 35 heavy (non-hydrogen) atoms. The third-order valence-corrected chi connectivity index (χ3v) is 6.06. The van der Waals surface area contributed by atoms with Gasteiger partial charge in [0.1, 0.15) is 0 Å². The first-order chi connectivity index (χ1) is 17.1. The molecule has 3 nitrogen and oxygen atoms in total. The predicted octanol–water partition coefficient (Wildman–Crippen LogP) is 7.44. The van der Waals surface area contributed by atoms with Crippen molar-refractivity contribution < 1.29 is 4.79 Å². The van der Waals surface area contributed by atoms with Crippen LogP contribution in [0.5, 0.6) is 0 Å². The average Bonchev–Trinajstić information content (AvgIpc) is 3.25. The molecule has 0 fully saturated rings. The van der Waals surface area contributed by atoms with Crippen molar-refractivity contribution in [3.05, 3.63) is 149 Å². The molecule has 0 spiro atoms. The quantitative estimate of drug-likeness (QED) is 0.254. The van der Waals surface area contributed by atoms with Gasteiger partial charge in [-0.2, -0.15) is 0 Å². The molecule has 0 saturated heterocycles. The summed E-state index contributed by atoms with van der Waals surface area (Å²) in [7, 11) is 0. The van der Waals surface area contributed by atoms with Gasteiger partial charge < -0.3 is 4.57 Å². The van der Waals surface area contributed by atoms with Crippen LogP contribution in [0.2, 0.25) is 0 Å². The number of aryl methyl sites for hydroxylation is 2. The van der Waals surface area contributed by atoms with Crippen molar-refractivity contribution in [2.24, 2.45) is 4.99 Å². The van der Waals surface area contributed by atoms with Gasteiger partial charge in [0.05, 0.1) is 11.4 Å². The van der Waals surface area contributed by atoms with E-state index in [4.69, 9.17) is 4.99 Å². The van der Waals surface area contributed by atoms with Crippen molar-refractivity contribution in [2.45, 2.75) is 13.8 Å². The van der Waals surface area contributed by atoms with E-state index in [0.717, 1.165) is 33.8 Å². The van der Waals surface area contributed by atoms with Gasteiger partial charge >= 0.3 is 0 Å². The average molecular weight is 455 g/mol. The summed E-state index contributed by atoms with van der Waals surface area (Å²) in [4.78, 5) is 18.0. The van der Waals surface area contributed by atoms with Crippen molar-refractivity contribution in [3.63, 3.8) is 0 Å². The summed E-state index contributed by atoms with van der Waals surface area (Å²) in [5.41, 5.74) is 8.46. The van der Waals surface area contributed by atoms with Crippen LogP contribution >= 0.6 is 0 Å². The monoisotopic (exact) mass is 454 g/mol. The van der Waals surface area contributed by atoms with Crippen LogP contribution in [0.25, 0.3) is 16.9 Å². The minimum Gasteiger partial charge on any atom is -0.313 e. The first-order valence-electron chi connectivity index (χ1n) is 11.7. The normalized spacial score (nSPS) is 11.4. The van der Waals surface area contributed by atoms with Gasteiger partial charge in [0.2, 0.25) is 0 Å². The number of carbonyl (C=O) groups is 1. The smallest absolute Gasteiger partial charge is 0.277 e. The van der Waals surface area contributed by atoms with E-state index in [9.17, 15) is 4.79 Å². The third kappa shape index (κ3) is 4.62. The summed E-state index contributed by atoms with van der Waals surface area (Å²) in [5.74, 6) is -0.260. The fourth-order valence-corrected chi connectivity index (χ4v) is 4.35. The summed E-state index contributed by atoms with van der Waals surface area (Å²) in [6.45, 7) is 4.18. The van der Waals surface area contributed by atoms with Gasteiger partial charge in [-0.3, -0.25) is 4.79 Å². The highest BCUT2D eigenvalue weighted by molar-refractivity contribution is 6.21. The van der Waals surface area contributed by atoms with Crippen LogP contribution < -0.4 is 0 Å². The van der Waals surface area contributed by atoms with E-state index in [1.54, 1.807) is 12.1 Å². The number of hydrogen-bond acceptors (Lipinski definition) is 1. The highest BCUT2D eigenvalue weighted by Gasteiger charge is 2.22. The maximum atomic E-state index is 13.3. The van der Waals surface area contributed by atoms with Crippen molar-refractivity contribution in [2.75, 3.05) is 0 Å². The summed E-state index contributed by atoms with van der Waals surface area (Å²) < 4.78 is 2.25. The molecule has 0 saturated carbocycles. The Morgan fingerprint density at radius 3 is 1.80 bits per heavy atom. The summed E-state index contributed by atoms with van der Waals surface area (Å²) in [5, 5.41) is 0. The predicted molar refractivity (Wildman–Crippen MR) is 144 cm³/mol. The van der Waals surface area contributed by atoms with Gasteiger partial charge in [0, 0.05) is 28.1 Å². The fraction of sp³-hybridized carbons (Fsp3) is 0.0625. The Morgan fingerprint density at radius 1 is 0.657 bits per heavy atom. The summed E-state index contributed by atoms with van der Waals surface area (Å²) in [6.07, 6.45) is 0. The van der Waals surface area contributed by atoms with Crippen LogP contribution in [0, 0.1) is 13.8 Å². The number of nitrogens with zero attached hydrogens (tertiary/aromatic N) is 2. The number of rotatable bonds is 5. The number of carbonyl (C=O) groups excluding carboxylic acids is 1. The van der Waals surface area contributed by atoms with Crippen LogP contribution in [-0.2, 0) is 0 Å². The largest absolute Gasteiger partial charge is 0.313 e. The standard InChI is InChI=1S/C32H26N2O/c1-23-18-20-28(21-19-23)34-24(2)22-29(31(34)26-14-8-4-9-15-26)30(25-12-6-3-7-13-25)33-32(35)27-16-10-5-11-17-27/h3-22H,1-2H3. The molecule has 0 aliphatic carbocycles. The van der Waals surface area contributed by atoms with Crippen LogP contribution in [0.1, 0.15) is 32.7 Å². The molecule has 1 amide bonds. The van der Waals surface area contributed by atoms with E-state index in [2.05, 4.69) is 60.9 Å². The summed E-state index contributed by atoms with van der Waals surface area (Å²) >= 11 is 0. The van der Waals surface area contributed by atoms with E-state index in [0.29, 0.717) is 11.3 Å². The van der Waals surface area contributed by atoms with Gasteiger partial charge in [-0.25, -0.2) is 4.99 Å². The van der Waals surface area contributed by atoms with Crippen LogP contribution in [0.3, 0.4) is 0 Å². The molecule has 1 aromatic heterocycles. The van der Waals surface area contributed by atoms with E-state index in [1.165, 1.54) is 5.56 Å². The van der Waals surface area contributed by atoms with Crippen LogP contribution in [0.4, 0.5) is 0 Å². The van der Waals surface area contributed by atoms with Crippen LogP contribution in [-0.4, -0.2) is 16.2 Å². The molecule has 0 aliphatic heterocycles. The number of aromatic nitrogens is 1. The van der Waals surface area contributed by atoms with Gasteiger partial charge in [0.25, 0.3) is 5.91 Å². The number of aliphatic imine (C=N–C) groups is 1. The molecule has 3 heteroatoms. The Hall–Kier alpha value is -4.50. The molecule has 5 aromatic rings. The molecule has 170 valence electrons. The molecule has 0 unspecified atom stereocenters. The molecular weight excluding hydrogens is 428 g/mol. The lowest BCUT2D eigenvalue weighted by Gasteiger charge is -2.15. The van der Waals surface area contributed by atoms with E-state index in [1.807, 2.05) is 66.7 Å². The maximum absolute atomic E-state index is 13.3. The van der Waals surface area contributed by atoms with Gasteiger partial charge in [0.15, 0.2) is 0 Å². The molecule has 0 aliphatic rings. The highest BCUT2D eigenvalue weighted by atomic mass is 16.1. The molecule has 0 bridgehead atoms. The number of hydrogen-bond donors (Lipinski definition) is 0. The van der Waals surface area contributed by atoms with Crippen molar-refractivity contribution in [3.8, 4) is 16.9 Å². The topological polar surface area (TPSA) is 34.4 Å². The molecule has 5 rings (SSSR count). The first kappa shape index (κ1) is 22.3. The second-order valence-electron chi connectivity index (χ2n) is 8.58. The second-order valence-corrected chi connectivity index (χ2v) is 8.58. The Labute approximate surface area is 206 Å². The first-order valence-corrected chi connectivity index (χ1v) is 11.7. The third-order valence-electron chi connectivity index (χ3n) is 6.06. The Morgan fingerprint density at radius 2 is 1.20 bits per heavy atom. The Kier molecular flexibility index (Phi) is 6.23. The zero-order valence-corrected chi connectivity index (χ0v) is 19.8. The van der Waals surface area contributed by atoms with Crippen molar-refractivity contribution in [1.82, 2.24) is 4.57 Å². The summed E-state index contributed by atoms with van der Waals surface area (Å²) in [6, 6.07) is 40.1. The van der Waals surface area contributed by atoms with Crippen molar-refractivity contribution in [1.29, 1.82) is 0 Å². The lowest BCUT2D eigenvalue weighted by Crippen LogP contribution is -2.09. The zero-order valence-electron chi connectivity index (χ0n) is 19.8. The van der Waals surface area contributed by atoms with E-state index < -0.39 is 0 Å². The molecule has 0 N–H and O–H groups in total. The van der Waals surface area contributed by atoms with E-state index in [-0.39, 0.29) is 5.91 Å². The highest BCUT2D eigenvalue weighted by Crippen LogP contribution is 2.33. The lowest BCUT2D eigenvalue weighted by atomic mass is 9.98. The number of benzene rings is 4. The molecule has 1 heterocycles. The zero-order chi connectivity index (χ0) is 24.2. The molecule has 4 aromatic carbocycles. The molecule has 0 radical (unpaired) electrons. The number of amides is 1. The van der Waals surface area contributed by atoms with Gasteiger partial charge in [-0.15, -0.1) is 0 Å². The molecule has 0 atom stereocenters. The van der Waals surface area contributed by atoms with E-state index >= 15 is 0 Å².